The molecule has 6 heteroatoms. The van der Waals surface area contributed by atoms with Crippen LogP contribution in [0.3, 0.4) is 0 Å². The van der Waals surface area contributed by atoms with Crippen molar-refractivity contribution in [3.05, 3.63) is 18.0 Å². The number of nitrogens with one attached hydrogen (secondary N) is 1. The summed E-state index contributed by atoms with van der Waals surface area (Å²) in [6.07, 6.45) is 1.91. The van der Waals surface area contributed by atoms with Gasteiger partial charge in [0.25, 0.3) is 5.91 Å². The third kappa shape index (κ3) is 2.47. The third-order valence-corrected chi connectivity index (χ3v) is 1.89. The zero-order valence-corrected chi connectivity index (χ0v) is 8.93. The second kappa shape index (κ2) is 5.11. The lowest BCUT2D eigenvalue weighted by molar-refractivity contribution is -0.109. The first-order valence-corrected chi connectivity index (χ1v) is 4.58. The number of amides is 1. The highest BCUT2D eigenvalue weighted by Crippen LogP contribution is 2.27. The van der Waals surface area contributed by atoms with Crippen molar-refractivity contribution in [2.45, 2.75) is 13.0 Å². The van der Waals surface area contributed by atoms with Crippen molar-refractivity contribution in [1.29, 1.82) is 0 Å². The maximum atomic E-state index is 11.6. The maximum Gasteiger partial charge on any atom is 0.274 e. The monoisotopic (exact) mass is 224 g/mol. The minimum absolute atomic E-state index is 0.152. The van der Waals surface area contributed by atoms with E-state index in [9.17, 15) is 14.7 Å². The van der Waals surface area contributed by atoms with Gasteiger partial charge in [0, 0.05) is 12.3 Å². The Morgan fingerprint density at radius 3 is 2.94 bits per heavy atom. The largest absolute Gasteiger partial charge is 0.503 e. The normalized spacial score (nSPS) is 11.6. The van der Waals surface area contributed by atoms with Gasteiger partial charge in [0.05, 0.1) is 13.2 Å². The van der Waals surface area contributed by atoms with E-state index in [2.05, 4.69) is 10.3 Å². The van der Waals surface area contributed by atoms with Crippen LogP contribution in [0.2, 0.25) is 0 Å². The molecule has 1 amide bonds. The molecule has 0 saturated heterocycles. The van der Waals surface area contributed by atoms with Crippen LogP contribution in [0.1, 0.15) is 17.4 Å². The van der Waals surface area contributed by atoms with E-state index in [1.54, 1.807) is 0 Å². The van der Waals surface area contributed by atoms with E-state index in [0.29, 0.717) is 6.29 Å². The molecule has 1 unspecified atom stereocenters. The summed E-state index contributed by atoms with van der Waals surface area (Å²) in [6, 6.07) is 0.787. The van der Waals surface area contributed by atoms with Crippen LogP contribution in [0, 0.1) is 0 Å². The van der Waals surface area contributed by atoms with Gasteiger partial charge in [0.2, 0.25) is 0 Å². The summed E-state index contributed by atoms with van der Waals surface area (Å²) < 4.78 is 4.83. The average molecular weight is 224 g/mol. The first-order chi connectivity index (χ1) is 7.60. The van der Waals surface area contributed by atoms with E-state index in [-0.39, 0.29) is 17.2 Å². The summed E-state index contributed by atoms with van der Waals surface area (Å²) in [5.74, 6) is -0.824. The fourth-order valence-electron chi connectivity index (χ4n) is 1.08. The summed E-state index contributed by atoms with van der Waals surface area (Å²) in [5.41, 5.74) is -0.173. The van der Waals surface area contributed by atoms with Crippen LogP contribution in [-0.2, 0) is 4.79 Å². The predicted molar refractivity (Wildman–Crippen MR) is 55.4 cm³/mol. The minimum Gasteiger partial charge on any atom is -0.503 e. The van der Waals surface area contributed by atoms with Crippen LogP contribution in [0.5, 0.6) is 11.5 Å². The topological polar surface area (TPSA) is 88.5 Å². The lowest BCUT2D eigenvalue weighted by Gasteiger charge is -2.09. The summed E-state index contributed by atoms with van der Waals surface area (Å²) in [5, 5.41) is 12.0. The second-order valence-electron chi connectivity index (χ2n) is 3.11. The number of ether oxygens (including phenoxy) is 1. The van der Waals surface area contributed by atoms with E-state index in [1.807, 2.05) is 0 Å². The Morgan fingerprint density at radius 1 is 1.69 bits per heavy atom. The fraction of sp³-hybridized carbons (Fsp3) is 0.300. The molecule has 0 aliphatic heterocycles. The minimum atomic E-state index is -0.639. The summed E-state index contributed by atoms with van der Waals surface area (Å²) >= 11 is 0. The van der Waals surface area contributed by atoms with Crippen LogP contribution >= 0.6 is 0 Å². The molecule has 0 aliphatic rings. The van der Waals surface area contributed by atoms with Crippen LogP contribution in [0.25, 0.3) is 0 Å². The average Bonchev–Trinajstić information content (AvgIpc) is 2.29. The molecule has 0 aromatic carbocycles. The van der Waals surface area contributed by atoms with Crippen molar-refractivity contribution in [3.8, 4) is 11.5 Å². The molecule has 1 rings (SSSR count). The highest BCUT2D eigenvalue weighted by Gasteiger charge is 2.17. The van der Waals surface area contributed by atoms with E-state index >= 15 is 0 Å². The van der Waals surface area contributed by atoms with Crippen molar-refractivity contribution in [3.63, 3.8) is 0 Å². The molecule has 0 radical (unpaired) electrons. The molecule has 86 valence electrons. The zero-order chi connectivity index (χ0) is 12.1. The van der Waals surface area contributed by atoms with Crippen LogP contribution in [0.4, 0.5) is 0 Å². The predicted octanol–water partition coefficient (Wildman–Crippen LogP) is 0.113. The number of hydrogen-bond acceptors (Lipinski definition) is 5. The molecule has 0 fully saturated rings. The van der Waals surface area contributed by atoms with Gasteiger partial charge in [-0.25, -0.2) is 4.98 Å². The number of rotatable bonds is 4. The van der Waals surface area contributed by atoms with Crippen LogP contribution < -0.4 is 10.1 Å². The number of aromatic hydroxyl groups is 1. The van der Waals surface area contributed by atoms with Gasteiger partial charge in [0.15, 0.2) is 17.2 Å². The molecule has 0 spiro atoms. The van der Waals surface area contributed by atoms with Crippen molar-refractivity contribution in [2.75, 3.05) is 7.11 Å². The van der Waals surface area contributed by atoms with Crippen molar-refractivity contribution >= 4 is 12.2 Å². The number of carbonyl (C=O) groups is 2. The third-order valence-electron chi connectivity index (χ3n) is 1.89. The lowest BCUT2D eigenvalue weighted by Crippen LogP contribution is -2.34. The highest BCUT2D eigenvalue weighted by molar-refractivity contribution is 5.96. The summed E-state index contributed by atoms with van der Waals surface area (Å²) in [4.78, 5) is 25.6. The molecule has 6 nitrogen and oxygen atoms in total. The molecule has 0 bridgehead atoms. The molecule has 0 aliphatic carbocycles. The van der Waals surface area contributed by atoms with Gasteiger partial charge in [-0.3, -0.25) is 4.79 Å². The van der Waals surface area contributed by atoms with Crippen molar-refractivity contribution < 1.29 is 19.4 Å². The molecule has 1 aromatic heterocycles. The first kappa shape index (κ1) is 12.0. The Morgan fingerprint density at radius 2 is 2.38 bits per heavy atom. The molecule has 2 N–H and O–H groups in total. The number of hydrogen-bond donors (Lipinski definition) is 2. The molecule has 1 heterocycles. The maximum absolute atomic E-state index is 11.6. The number of aldehydes is 1. The standard InChI is InChI=1S/C10H12N2O4/c1-6(5-13)12-10(15)8-9(14)7(16-2)3-4-11-8/h3-6,14H,1-2H3,(H,12,15). The number of aromatic nitrogens is 1. The Labute approximate surface area is 92.3 Å². The van der Waals surface area contributed by atoms with E-state index < -0.39 is 11.9 Å². The van der Waals surface area contributed by atoms with Gasteiger partial charge in [-0.2, -0.15) is 0 Å². The van der Waals surface area contributed by atoms with Gasteiger partial charge in [-0.1, -0.05) is 0 Å². The number of carbonyl (C=O) groups excluding carboxylic acids is 2. The number of pyridine rings is 1. The van der Waals surface area contributed by atoms with Gasteiger partial charge in [-0.15, -0.1) is 0 Å². The first-order valence-electron chi connectivity index (χ1n) is 4.58. The van der Waals surface area contributed by atoms with Gasteiger partial charge in [0.1, 0.15) is 6.29 Å². The van der Waals surface area contributed by atoms with Crippen molar-refractivity contribution in [2.24, 2.45) is 0 Å². The van der Waals surface area contributed by atoms with Gasteiger partial charge < -0.3 is 20.0 Å². The molecule has 0 saturated carbocycles. The number of nitrogens with zero attached hydrogens (tertiary/aromatic N) is 1. The molecule has 1 atom stereocenters. The summed E-state index contributed by atoms with van der Waals surface area (Å²) in [7, 11) is 1.37. The Bertz CT molecular complexity index is 406. The van der Waals surface area contributed by atoms with E-state index in [4.69, 9.17) is 4.74 Å². The Balaban J connectivity index is 2.95. The lowest BCUT2D eigenvalue weighted by atomic mass is 10.2. The van der Waals surface area contributed by atoms with E-state index in [1.165, 1.54) is 26.3 Å². The number of methoxy groups -OCH3 is 1. The smallest absolute Gasteiger partial charge is 0.274 e. The fourth-order valence-corrected chi connectivity index (χ4v) is 1.08. The van der Waals surface area contributed by atoms with Crippen LogP contribution in [0.15, 0.2) is 12.3 Å². The highest BCUT2D eigenvalue weighted by atomic mass is 16.5. The second-order valence-corrected chi connectivity index (χ2v) is 3.11. The van der Waals surface area contributed by atoms with Crippen molar-refractivity contribution in [1.82, 2.24) is 10.3 Å². The Hall–Kier alpha value is -2.11. The molecule has 1 aromatic rings. The molecular weight excluding hydrogens is 212 g/mol. The van der Waals surface area contributed by atoms with E-state index in [0.717, 1.165) is 0 Å². The Kier molecular flexibility index (Phi) is 3.82. The SMILES string of the molecule is COc1ccnc(C(=O)NC(C)C=O)c1O. The van der Waals surface area contributed by atoms with Gasteiger partial charge in [-0.05, 0) is 6.92 Å². The quantitative estimate of drug-likeness (QED) is 0.709. The van der Waals surface area contributed by atoms with Gasteiger partial charge >= 0.3 is 0 Å². The van der Waals surface area contributed by atoms with Crippen LogP contribution in [-0.4, -0.2) is 35.4 Å². The summed E-state index contributed by atoms with van der Waals surface area (Å²) in [6.45, 7) is 1.52. The zero-order valence-electron chi connectivity index (χ0n) is 8.93. The molecule has 16 heavy (non-hydrogen) atoms. The molecular formula is C10H12N2O4.